The molecule has 20 atom stereocenters. The van der Waals surface area contributed by atoms with E-state index in [0.29, 0.717) is 11.4 Å². The topological polar surface area (TPSA) is 391 Å². The number of ether oxygens (including phenoxy) is 5. The Morgan fingerprint density at radius 3 is 1.19 bits per heavy atom. The Hall–Kier alpha value is -1.78. The summed E-state index contributed by atoms with van der Waals surface area (Å²) in [7, 11) is 0. The molecule has 324 valence electrons. The average molecular weight is 861 g/mol. The van der Waals surface area contributed by atoms with E-state index in [4.69, 9.17) is 23.7 Å². The highest BCUT2D eigenvalue weighted by Gasteiger charge is 2.50. The van der Waals surface area contributed by atoms with Gasteiger partial charge >= 0.3 is 0 Å². The lowest BCUT2D eigenvalue weighted by atomic mass is 9.97. The molecule has 4 fully saturated rings. The first-order valence-corrected chi connectivity index (χ1v) is 19.9. The van der Waals surface area contributed by atoms with Crippen molar-refractivity contribution in [2.75, 3.05) is 13.2 Å². The Bertz CT molecular complexity index is 1460. The van der Waals surface area contributed by atoms with Crippen molar-refractivity contribution >= 4 is 23.5 Å². The molecule has 0 bridgehead atoms. The molecule has 4 saturated heterocycles. The van der Waals surface area contributed by atoms with Crippen LogP contribution in [0, 0.1) is 0 Å². The normalized spacial score (nSPS) is 44.3. The number of aromatic nitrogens is 6. The van der Waals surface area contributed by atoms with Crippen LogP contribution in [-0.2, 0) is 48.3 Å². The molecule has 0 amide bonds. The number of rotatable bonds is 14. The molecular weight excluding hydrogens is 812 g/mol. The monoisotopic (exact) mass is 860 g/mol. The number of nitrogens with zero attached hydrogens (tertiary/aromatic N) is 6. The Balaban J connectivity index is 1.03. The highest BCUT2D eigenvalue weighted by atomic mass is 32.2. The SMILES string of the molecule is OC[C@H]1O[C@@H](SCc2cn(C[C@H]3O[C@H](O[C@H]4O[C@H](Cn5cc(CS[C@@H]6O[C@H](CO)[C@H](O)[C@H](O)[C@H]6O)nn5)[C@@H](O)[C@H](O)[C@H]4O)[C@H](O)[C@@H](O)[C@@H]3O)nn2)[C@H](O)[C@@H](O)[C@H]1O. The summed E-state index contributed by atoms with van der Waals surface area (Å²) in [5.41, 5.74) is -1.35. The second-order valence-corrected chi connectivity index (χ2v) is 16.2. The van der Waals surface area contributed by atoms with Crippen LogP contribution in [0.25, 0.3) is 0 Å². The van der Waals surface area contributed by atoms with E-state index >= 15 is 0 Å². The number of aliphatic hydroxyl groups is 14. The smallest absolute Gasteiger partial charge is 0.189 e. The van der Waals surface area contributed by atoms with E-state index in [1.165, 1.54) is 21.8 Å². The van der Waals surface area contributed by atoms with Gasteiger partial charge in [-0.15, -0.1) is 33.7 Å². The van der Waals surface area contributed by atoms with Crippen LogP contribution < -0.4 is 0 Å². The van der Waals surface area contributed by atoms with Crippen molar-refractivity contribution in [3.05, 3.63) is 23.8 Å². The van der Waals surface area contributed by atoms with Crippen LogP contribution in [0.1, 0.15) is 11.4 Å². The summed E-state index contributed by atoms with van der Waals surface area (Å²) < 4.78 is 30.6. The van der Waals surface area contributed by atoms with Gasteiger partial charge in [0.1, 0.15) is 109 Å². The van der Waals surface area contributed by atoms with Crippen molar-refractivity contribution in [3.63, 3.8) is 0 Å². The molecule has 0 spiro atoms. The summed E-state index contributed by atoms with van der Waals surface area (Å²) in [6, 6.07) is 0. The van der Waals surface area contributed by atoms with Crippen molar-refractivity contribution < 1.29 is 95.2 Å². The minimum atomic E-state index is -1.88. The largest absolute Gasteiger partial charge is 0.394 e. The van der Waals surface area contributed by atoms with E-state index in [2.05, 4.69) is 20.6 Å². The highest BCUT2D eigenvalue weighted by molar-refractivity contribution is 7.99. The molecule has 57 heavy (non-hydrogen) atoms. The van der Waals surface area contributed by atoms with E-state index in [-0.39, 0.29) is 24.6 Å². The number of hydrogen-bond donors (Lipinski definition) is 14. The lowest BCUT2D eigenvalue weighted by Gasteiger charge is -2.45. The van der Waals surface area contributed by atoms with E-state index < -0.39 is 134 Å². The maximum atomic E-state index is 10.7. The zero-order valence-electron chi connectivity index (χ0n) is 29.7. The third-order valence-corrected chi connectivity index (χ3v) is 12.4. The maximum absolute atomic E-state index is 10.7. The standard InChI is InChI=1S/C30H48N6O19S2/c37-5-13-17(41)21(45)25(49)29(53-13)56-7-9-1-35(33-31-9)3-11-15(39)19(43)23(47)27(51-11)55-28-24(48)20(44)16(40)12(52-28)4-36-2-10(32-34-36)8-57-30-26(50)22(46)18(42)14(6-38)54-30/h1-2,11-30,37-50H,3-8H2/t11-,12-,13-,14-,15-,16-,17+,18+,19+,20+,21+,22+,23-,24-,25-,26-,27-,28-,29+,30+/m1/s1. The summed E-state index contributed by atoms with van der Waals surface area (Å²) in [4.78, 5) is 0. The average Bonchev–Trinajstić information content (AvgIpc) is 3.86. The lowest BCUT2D eigenvalue weighted by Crippen LogP contribution is -2.63. The van der Waals surface area contributed by atoms with Crippen molar-refractivity contribution in [2.24, 2.45) is 0 Å². The van der Waals surface area contributed by atoms with Gasteiger partial charge in [-0.1, -0.05) is 10.4 Å². The van der Waals surface area contributed by atoms with Gasteiger partial charge in [0.2, 0.25) is 0 Å². The highest BCUT2D eigenvalue weighted by Crippen LogP contribution is 2.33. The van der Waals surface area contributed by atoms with Crippen LogP contribution in [0.15, 0.2) is 12.4 Å². The molecular formula is C30H48N6O19S2. The van der Waals surface area contributed by atoms with Gasteiger partial charge in [0.15, 0.2) is 12.6 Å². The Morgan fingerprint density at radius 1 is 0.474 bits per heavy atom. The number of hydrogen-bond acceptors (Lipinski definition) is 25. The predicted molar refractivity (Wildman–Crippen MR) is 185 cm³/mol. The molecule has 0 aliphatic carbocycles. The zero-order chi connectivity index (χ0) is 41.3. The summed E-state index contributed by atoms with van der Waals surface area (Å²) in [6.07, 6.45) is -25.2. The molecule has 14 N–H and O–H groups in total. The summed E-state index contributed by atoms with van der Waals surface area (Å²) >= 11 is 2.02. The molecule has 0 radical (unpaired) electrons. The molecule has 2 aromatic rings. The predicted octanol–water partition coefficient (Wildman–Crippen LogP) is -8.73. The quantitative estimate of drug-likeness (QED) is 0.0838. The minimum Gasteiger partial charge on any atom is -0.394 e. The maximum Gasteiger partial charge on any atom is 0.189 e. The first-order valence-electron chi connectivity index (χ1n) is 17.8. The fraction of sp³-hybridized carbons (Fsp3) is 0.867. The summed E-state index contributed by atoms with van der Waals surface area (Å²) in [5.74, 6) is 0.181. The summed E-state index contributed by atoms with van der Waals surface area (Å²) in [5, 5.41) is 160. The molecule has 6 heterocycles. The minimum absolute atomic E-state index is 0.0904. The van der Waals surface area contributed by atoms with Gasteiger partial charge in [-0.3, -0.25) is 0 Å². The Kier molecular flexibility index (Phi) is 15.2. The van der Waals surface area contributed by atoms with Crippen LogP contribution in [0.5, 0.6) is 0 Å². The van der Waals surface area contributed by atoms with Gasteiger partial charge < -0.3 is 95.2 Å². The Morgan fingerprint density at radius 2 is 0.825 bits per heavy atom. The molecule has 0 unspecified atom stereocenters. The van der Waals surface area contributed by atoms with Crippen LogP contribution in [0.2, 0.25) is 0 Å². The van der Waals surface area contributed by atoms with E-state index in [1.54, 1.807) is 0 Å². The molecule has 4 aliphatic rings. The van der Waals surface area contributed by atoms with Gasteiger partial charge in [-0.05, 0) is 0 Å². The second-order valence-electron chi connectivity index (χ2n) is 14.0. The van der Waals surface area contributed by atoms with Crippen LogP contribution in [-0.4, -0.2) is 236 Å². The van der Waals surface area contributed by atoms with Crippen molar-refractivity contribution in [3.8, 4) is 0 Å². The van der Waals surface area contributed by atoms with Gasteiger partial charge in [0.25, 0.3) is 0 Å². The fourth-order valence-electron chi connectivity index (χ4n) is 6.59. The van der Waals surface area contributed by atoms with E-state index in [9.17, 15) is 71.5 Å². The third kappa shape index (κ3) is 9.90. The number of aliphatic hydroxyl groups excluding tert-OH is 14. The lowest BCUT2D eigenvalue weighted by molar-refractivity contribution is -0.375. The molecule has 0 aromatic carbocycles. The van der Waals surface area contributed by atoms with Gasteiger partial charge in [-0.2, -0.15) is 0 Å². The summed E-state index contributed by atoms with van der Waals surface area (Å²) in [6.45, 7) is -1.67. The Labute approximate surface area is 330 Å². The molecule has 25 nitrogen and oxygen atoms in total. The second kappa shape index (κ2) is 19.3. The molecule has 4 aliphatic heterocycles. The van der Waals surface area contributed by atoms with Gasteiger partial charge in [0, 0.05) is 23.9 Å². The third-order valence-electron chi connectivity index (χ3n) is 10.00. The van der Waals surface area contributed by atoms with Crippen LogP contribution in [0.3, 0.4) is 0 Å². The van der Waals surface area contributed by atoms with E-state index in [0.717, 1.165) is 23.5 Å². The zero-order valence-corrected chi connectivity index (χ0v) is 31.4. The fourth-order valence-corrected chi connectivity index (χ4v) is 8.69. The molecule has 0 saturated carbocycles. The molecule has 27 heteroatoms. The van der Waals surface area contributed by atoms with E-state index in [1.807, 2.05) is 0 Å². The van der Waals surface area contributed by atoms with Crippen molar-refractivity contribution in [1.82, 2.24) is 30.0 Å². The number of thioether (sulfide) groups is 2. The van der Waals surface area contributed by atoms with Crippen molar-refractivity contribution in [2.45, 2.75) is 146 Å². The van der Waals surface area contributed by atoms with Crippen LogP contribution >= 0.6 is 23.5 Å². The first-order chi connectivity index (χ1) is 27.1. The molecule has 2 aromatic heterocycles. The van der Waals surface area contributed by atoms with Gasteiger partial charge in [-0.25, -0.2) is 9.36 Å². The van der Waals surface area contributed by atoms with Gasteiger partial charge in [0.05, 0.1) is 37.7 Å². The molecule has 6 rings (SSSR count). The van der Waals surface area contributed by atoms with Crippen LogP contribution in [0.4, 0.5) is 0 Å². The van der Waals surface area contributed by atoms with Crippen molar-refractivity contribution in [1.29, 1.82) is 0 Å². The first kappa shape index (κ1) is 44.8.